The minimum absolute atomic E-state index is 0.769. The number of rotatable bonds is 3. The molecule has 12 heavy (non-hydrogen) atoms. The Hall–Kier alpha value is -0.903. The molecule has 64 valence electrons. The Labute approximate surface area is 73.6 Å². The third-order valence-corrected chi connectivity index (χ3v) is 2.12. The van der Waals surface area contributed by atoms with Crippen molar-refractivity contribution in [2.24, 2.45) is 0 Å². The normalized spacial score (nSPS) is 11.2. The smallest absolute Gasteiger partial charge is 0.342 e. The van der Waals surface area contributed by atoms with Crippen LogP contribution in [0, 0.1) is 0 Å². The fraction of sp³-hybridized carbons (Fsp3) is 0.111. The maximum absolute atomic E-state index is 8.64. The molecule has 0 aliphatic carbocycles. The Morgan fingerprint density at radius 2 is 1.83 bits per heavy atom. The predicted octanol–water partition coefficient (Wildman–Crippen LogP) is 0.530. The summed E-state index contributed by atoms with van der Waals surface area (Å²) in [5, 5.41) is 0. The van der Waals surface area contributed by atoms with E-state index in [1.807, 2.05) is 30.3 Å². The van der Waals surface area contributed by atoms with Crippen LogP contribution in [0.25, 0.3) is 0 Å². The summed E-state index contributed by atoms with van der Waals surface area (Å²) in [7, 11) is -2.49. The molecular weight excluding hydrogens is 168 g/mol. The molecule has 0 atom stereocenters. The maximum Gasteiger partial charge on any atom is 0.342 e. The van der Waals surface area contributed by atoms with Crippen molar-refractivity contribution in [2.45, 2.75) is 6.42 Å². The van der Waals surface area contributed by atoms with Crippen molar-refractivity contribution in [1.29, 1.82) is 0 Å². The molecule has 0 aliphatic heterocycles. The lowest BCUT2D eigenvalue weighted by atomic mass is 10.2. The first-order chi connectivity index (χ1) is 5.79. The zero-order valence-electron chi connectivity index (χ0n) is 6.72. The summed E-state index contributed by atoms with van der Waals surface area (Å²) >= 11 is 0. The van der Waals surface area contributed by atoms with E-state index in [1.165, 1.54) is 11.3 Å². The third-order valence-electron chi connectivity index (χ3n) is 1.50. The Balaban J connectivity index is 2.43. The van der Waals surface area contributed by atoms with Crippen LogP contribution in [0.15, 0.2) is 42.1 Å². The Kier molecular flexibility index (Phi) is 3.73. The molecule has 1 aromatic carbocycles. The van der Waals surface area contributed by atoms with Crippen LogP contribution in [0.5, 0.6) is 0 Å². The quantitative estimate of drug-likeness (QED) is 0.666. The first kappa shape index (κ1) is 9.19. The predicted molar refractivity (Wildman–Crippen MR) is 50.9 cm³/mol. The Morgan fingerprint density at radius 3 is 2.42 bits per heavy atom. The molecule has 0 radical (unpaired) electrons. The van der Waals surface area contributed by atoms with Gasteiger partial charge in [0.25, 0.3) is 0 Å². The molecular formula is C9H12O2Si. The number of hydrogen-bond acceptors (Lipinski definition) is 2. The second-order valence-corrected chi connectivity index (χ2v) is 3.74. The lowest BCUT2D eigenvalue weighted by Gasteiger charge is -1.94. The van der Waals surface area contributed by atoms with Crippen molar-refractivity contribution < 1.29 is 9.59 Å². The maximum atomic E-state index is 8.64. The fourth-order valence-electron chi connectivity index (χ4n) is 0.940. The van der Waals surface area contributed by atoms with Crippen molar-refractivity contribution in [3.8, 4) is 0 Å². The molecule has 0 fully saturated rings. The van der Waals surface area contributed by atoms with Crippen molar-refractivity contribution in [2.75, 3.05) is 0 Å². The standard InChI is InChI=1S/C9H12O2Si/c10-12(11)8-4-7-9-5-2-1-3-6-9/h1-6,8,10-12H,7H2. The van der Waals surface area contributed by atoms with Crippen LogP contribution in [-0.4, -0.2) is 18.9 Å². The molecule has 2 N–H and O–H groups in total. The van der Waals surface area contributed by atoms with E-state index < -0.39 is 9.28 Å². The topological polar surface area (TPSA) is 40.5 Å². The van der Waals surface area contributed by atoms with E-state index >= 15 is 0 Å². The van der Waals surface area contributed by atoms with Crippen LogP contribution < -0.4 is 0 Å². The second-order valence-electron chi connectivity index (χ2n) is 2.53. The molecule has 3 heteroatoms. The van der Waals surface area contributed by atoms with Gasteiger partial charge in [0.2, 0.25) is 0 Å². The SMILES string of the molecule is O[SiH](O)C=CCc1ccccc1. The van der Waals surface area contributed by atoms with Crippen molar-refractivity contribution in [1.82, 2.24) is 0 Å². The summed E-state index contributed by atoms with van der Waals surface area (Å²) < 4.78 is 0. The summed E-state index contributed by atoms with van der Waals surface area (Å²) in [6.45, 7) is 0. The highest BCUT2D eigenvalue weighted by atomic mass is 28.3. The van der Waals surface area contributed by atoms with E-state index in [9.17, 15) is 0 Å². The zero-order chi connectivity index (χ0) is 8.81. The highest BCUT2D eigenvalue weighted by molar-refractivity contribution is 6.47. The molecule has 0 spiro atoms. The van der Waals surface area contributed by atoms with Crippen LogP contribution in [-0.2, 0) is 6.42 Å². The van der Waals surface area contributed by atoms with Gasteiger partial charge in [-0.1, -0.05) is 36.4 Å². The second kappa shape index (κ2) is 4.87. The van der Waals surface area contributed by atoms with Crippen LogP contribution in [0.4, 0.5) is 0 Å². The molecule has 1 rings (SSSR count). The Morgan fingerprint density at radius 1 is 1.17 bits per heavy atom. The highest BCUT2D eigenvalue weighted by Crippen LogP contribution is 1.99. The molecule has 1 aromatic rings. The summed E-state index contributed by atoms with van der Waals surface area (Å²) in [6.07, 6.45) is 2.57. The van der Waals surface area contributed by atoms with E-state index in [0.29, 0.717) is 0 Å². The average Bonchev–Trinajstić information content (AvgIpc) is 2.05. The molecule has 2 nitrogen and oxygen atoms in total. The zero-order valence-corrected chi connectivity index (χ0v) is 7.88. The van der Waals surface area contributed by atoms with Gasteiger partial charge in [0.1, 0.15) is 0 Å². The van der Waals surface area contributed by atoms with Crippen LogP contribution in [0.3, 0.4) is 0 Å². The lowest BCUT2D eigenvalue weighted by Crippen LogP contribution is -2.05. The van der Waals surface area contributed by atoms with Gasteiger partial charge in [0, 0.05) is 0 Å². The molecule has 0 bridgehead atoms. The van der Waals surface area contributed by atoms with E-state index in [0.717, 1.165) is 6.42 Å². The van der Waals surface area contributed by atoms with Gasteiger partial charge in [-0.15, -0.1) is 0 Å². The van der Waals surface area contributed by atoms with E-state index in [2.05, 4.69) is 0 Å². The van der Waals surface area contributed by atoms with Gasteiger partial charge < -0.3 is 9.59 Å². The summed E-state index contributed by atoms with van der Waals surface area (Å²) in [5.41, 5.74) is 2.68. The Bertz CT molecular complexity index is 244. The van der Waals surface area contributed by atoms with Crippen LogP contribution in [0.2, 0.25) is 0 Å². The van der Waals surface area contributed by atoms with Crippen LogP contribution in [0.1, 0.15) is 5.56 Å². The molecule has 0 saturated carbocycles. The first-order valence-electron chi connectivity index (χ1n) is 3.86. The van der Waals surface area contributed by atoms with Crippen molar-refractivity contribution in [3.05, 3.63) is 47.7 Å². The highest BCUT2D eigenvalue weighted by Gasteiger charge is 1.91. The number of benzene rings is 1. The van der Waals surface area contributed by atoms with Crippen molar-refractivity contribution >= 4 is 9.28 Å². The van der Waals surface area contributed by atoms with Gasteiger partial charge in [-0.05, 0) is 17.7 Å². The number of hydrogen-bond donors (Lipinski definition) is 2. The minimum Gasteiger partial charge on any atom is -0.410 e. The largest absolute Gasteiger partial charge is 0.410 e. The van der Waals surface area contributed by atoms with E-state index in [-0.39, 0.29) is 0 Å². The first-order valence-corrected chi connectivity index (χ1v) is 5.56. The average molecular weight is 180 g/mol. The molecule has 0 aromatic heterocycles. The van der Waals surface area contributed by atoms with Gasteiger partial charge in [0.05, 0.1) is 0 Å². The van der Waals surface area contributed by atoms with E-state index in [4.69, 9.17) is 9.59 Å². The molecule has 0 heterocycles. The van der Waals surface area contributed by atoms with Gasteiger partial charge in [-0.25, -0.2) is 0 Å². The molecule has 0 saturated heterocycles. The molecule has 0 amide bonds. The summed E-state index contributed by atoms with van der Waals surface area (Å²) in [6, 6.07) is 9.92. The van der Waals surface area contributed by atoms with Crippen molar-refractivity contribution in [3.63, 3.8) is 0 Å². The number of allylic oxidation sites excluding steroid dienone is 1. The lowest BCUT2D eigenvalue weighted by molar-refractivity contribution is 0.424. The molecule has 0 unspecified atom stereocenters. The fourth-order valence-corrected chi connectivity index (χ4v) is 1.32. The molecule has 0 aliphatic rings. The summed E-state index contributed by atoms with van der Waals surface area (Å²) in [4.78, 5) is 17.3. The third kappa shape index (κ3) is 3.48. The van der Waals surface area contributed by atoms with Gasteiger partial charge in [-0.3, -0.25) is 0 Å². The van der Waals surface area contributed by atoms with Crippen LogP contribution >= 0.6 is 0 Å². The van der Waals surface area contributed by atoms with E-state index in [1.54, 1.807) is 6.08 Å². The monoisotopic (exact) mass is 180 g/mol. The van der Waals surface area contributed by atoms with Gasteiger partial charge >= 0.3 is 9.28 Å². The van der Waals surface area contributed by atoms with Gasteiger partial charge in [-0.2, -0.15) is 0 Å². The summed E-state index contributed by atoms with van der Waals surface area (Å²) in [5.74, 6) is 0. The minimum atomic E-state index is -2.49. The van der Waals surface area contributed by atoms with Gasteiger partial charge in [0.15, 0.2) is 0 Å².